The van der Waals surface area contributed by atoms with Crippen molar-refractivity contribution >= 4 is 0 Å². The van der Waals surface area contributed by atoms with Crippen molar-refractivity contribution in [1.29, 1.82) is 0 Å². The lowest BCUT2D eigenvalue weighted by Gasteiger charge is -2.38. The van der Waals surface area contributed by atoms with Gasteiger partial charge in [0.25, 0.3) is 0 Å². The van der Waals surface area contributed by atoms with E-state index in [4.69, 9.17) is 0 Å². The van der Waals surface area contributed by atoms with Crippen molar-refractivity contribution in [3.8, 4) is 0 Å². The van der Waals surface area contributed by atoms with E-state index in [0.29, 0.717) is 6.61 Å². The molecule has 3 nitrogen and oxygen atoms in total. The van der Waals surface area contributed by atoms with Crippen LogP contribution in [0.25, 0.3) is 0 Å². The lowest BCUT2D eigenvalue weighted by Crippen LogP contribution is -2.45. The second kappa shape index (κ2) is 6.33. The van der Waals surface area contributed by atoms with Gasteiger partial charge in [0.05, 0.1) is 0 Å². The van der Waals surface area contributed by atoms with Crippen molar-refractivity contribution in [3.05, 3.63) is 0 Å². The molecule has 0 spiro atoms. The monoisotopic (exact) mass is 280 g/mol. The molecule has 3 heteroatoms. The molecule has 2 atom stereocenters. The quantitative estimate of drug-likeness (QED) is 0.812. The van der Waals surface area contributed by atoms with Gasteiger partial charge in [0.2, 0.25) is 0 Å². The number of piperidine rings is 1. The van der Waals surface area contributed by atoms with Crippen LogP contribution in [-0.4, -0.2) is 48.8 Å². The van der Waals surface area contributed by atoms with Crippen molar-refractivity contribution < 1.29 is 5.11 Å². The Morgan fingerprint density at radius 2 is 1.75 bits per heavy atom. The highest BCUT2D eigenvalue weighted by molar-refractivity contribution is 4.94. The summed E-state index contributed by atoms with van der Waals surface area (Å²) >= 11 is 0. The second-order valence-electron chi connectivity index (χ2n) is 7.74. The predicted octanol–water partition coefficient (Wildman–Crippen LogP) is 2.39. The normalized spacial score (nSPS) is 37.2. The van der Waals surface area contributed by atoms with E-state index in [-0.39, 0.29) is 5.41 Å². The van der Waals surface area contributed by atoms with E-state index in [0.717, 1.165) is 24.5 Å². The molecule has 2 unspecified atom stereocenters. The molecule has 0 amide bonds. The van der Waals surface area contributed by atoms with Crippen LogP contribution >= 0.6 is 0 Å². The fraction of sp³-hybridized carbons (Fsp3) is 1.00. The van der Waals surface area contributed by atoms with Gasteiger partial charge in [0, 0.05) is 30.7 Å². The molecular formula is C17H32N2O. The number of aliphatic hydroxyl groups excluding tert-OH is 1. The maximum absolute atomic E-state index is 9.76. The Labute approximate surface area is 124 Å². The molecule has 0 radical (unpaired) electrons. The van der Waals surface area contributed by atoms with Gasteiger partial charge in [-0.1, -0.05) is 19.3 Å². The second-order valence-corrected chi connectivity index (χ2v) is 7.74. The number of aliphatic hydroxyl groups is 1. The maximum Gasteiger partial charge on any atom is 0.0499 e. The summed E-state index contributed by atoms with van der Waals surface area (Å²) in [5.41, 5.74) is 0.197. The minimum Gasteiger partial charge on any atom is -0.396 e. The summed E-state index contributed by atoms with van der Waals surface area (Å²) in [7, 11) is 2.31. The molecule has 1 saturated carbocycles. The van der Waals surface area contributed by atoms with Crippen LogP contribution < -0.4 is 5.32 Å². The summed E-state index contributed by atoms with van der Waals surface area (Å²) in [6, 6.07) is 1.70. The Kier molecular flexibility index (Phi) is 4.68. The molecule has 20 heavy (non-hydrogen) atoms. The lowest BCUT2D eigenvalue weighted by atomic mass is 9.74. The van der Waals surface area contributed by atoms with Gasteiger partial charge in [-0.25, -0.2) is 0 Å². The molecule has 3 rings (SSSR count). The van der Waals surface area contributed by atoms with Crippen LogP contribution in [-0.2, 0) is 0 Å². The van der Waals surface area contributed by atoms with Crippen LogP contribution in [0, 0.1) is 11.3 Å². The van der Waals surface area contributed by atoms with Gasteiger partial charge in [-0.2, -0.15) is 0 Å². The third kappa shape index (κ3) is 3.05. The Morgan fingerprint density at radius 1 is 1.10 bits per heavy atom. The van der Waals surface area contributed by atoms with E-state index in [9.17, 15) is 5.11 Å². The zero-order valence-corrected chi connectivity index (χ0v) is 13.1. The molecule has 116 valence electrons. The van der Waals surface area contributed by atoms with Gasteiger partial charge in [0.15, 0.2) is 0 Å². The first-order chi connectivity index (χ1) is 9.72. The Balaban J connectivity index is 1.43. The first kappa shape index (κ1) is 14.8. The number of rotatable bonds is 5. The summed E-state index contributed by atoms with van der Waals surface area (Å²) in [4.78, 5) is 2.62. The third-order valence-electron chi connectivity index (χ3n) is 6.38. The highest BCUT2D eigenvalue weighted by atomic mass is 16.3. The molecular weight excluding hydrogens is 248 g/mol. The molecule has 0 aromatic carbocycles. The topological polar surface area (TPSA) is 35.5 Å². The molecule has 2 saturated heterocycles. The van der Waals surface area contributed by atoms with Gasteiger partial charge in [-0.15, -0.1) is 0 Å². The standard InChI is InChI=1S/C17H32N2O/c1-19-15-5-6-16(19)10-14(9-15)11-18-12-17(13-20)7-3-2-4-8-17/h14-16,18,20H,2-13H2,1H3. The van der Waals surface area contributed by atoms with Crippen molar-refractivity contribution in [1.82, 2.24) is 10.2 Å². The van der Waals surface area contributed by atoms with Gasteiger partial charge >= 0.3 is 0 Å². The highest BCUT2D eigenvalue weighted by Crippen LogP contribution is 2.38. The van der Waals surface area contributed by atoms with Gasteiger partial charge in [0.1, 0.15) is 0 Å². The molecule has 1 aliphatic carbocycles. The summed E-state index contributed by atoms with van der Waals surface area (Å²) in [6.45, 7) is 2.58. The van der Waals surface area contributed by atoms with E-state index in [2.05, 4.69) is 17.3 Å². The van der Waals surface area contributed by atoms with Crippen molar-refractivity contribution in [3.63, 3.8) is 0 Å². The van der Waals surface area contributed by atoms with Crippen LogP contribution in [0.5, 0.6) is 0 Å². The number of hydrogen-bond donors (Lipinski definition) is 2. The average Bonchev–Trinajstić information content (AvgIpc) is 2.70. The Bertz CT molecular complexity index is 300. The fourth-order valence-corrected chi connectivity index (χ4v) is 4.92. The average molecular weight is 280 g/mol. The van der Waals surface area contributed by atoms with Gasteiger partial charge in [-0.05, 0) is 58.0 Å². The van der Waals surface area contributed by atoms with E-state index in [1.807, 2.05) is 0 Å². The molecule has 3 fully saturated rings. The smallest absolute Gasteiger partial charge is 0.0499 e. The van der Waals surface area contributed by atoms with E-state index in [1.165, 1.54) is 64.3 Å². The number of hydrogen-bond acceptors (Lipinski definition) is 3. The third-order valence-corrected chi connectivity index (χ3v) is 6.38. The van der Waals surface area contributed by atoms with Crippen molar-refractivity contribution in [2.75, 3.05) is 26.7 Å². The van der Waals surface area contributed by atoms with Crippen LogP contribution in [0.3, 0.4) is 0 Å². The zero-order chi connectivity index (χ0) is 14.0. The van der Waals surface area contributed by atoms with Crippen molar-refractivity contribution in [2.45, 2.75) is 69.9 Å². The highest BCUT2D eigenvalue weighted by Gasteiger charge is 2.38. The summed E-state index contributed by atoms with van der Waals surface area (Å²) in [5, 5.41) is 13.5. The van der Waals surface area contributed by atoms with Crippen molar-refractivity contribution in [2.24, 2.45) is 11.3 Å². The van der Waals surface area contributed by atoms with Crippen LogP contribution in [0.1, 0.15) is 57.8 Å². The molecule has 2 heterocycles. The number of nitrogens with zero attached hydrogens (tertiary/aromatic N) is 1. The van der Waals surface area contributed by atoms with Crippen LogP contribution in [0.2, 0.25) is 0 Å². The fourth-order valence-electron chi connectivity index (χ4n) is 4.92. The van der Waals surface area contributed by atoms with E-state index in [1.54, 1.807) is 0 Å². The van der Waals surface area contributed by atoms with E-state index >= 15 is 0 Å². The largest absolute Gasteiger partial charge is 0.396 e. The lowest BCUT2D eigenvalue weighted by molar-refractivity contribution is 0.0764. The zero-order valence-electron chi connectivity index (χ0n) is 13.1. The summed E-state index contributed by atoms with van der Waals surface area (Å²) in [6.07, 6.45) is 12.0. The number of nitrogens with one attached hydrogen (secondary N) is 1. The summed E-state index contributed by atoms with van der Waals surface area (Å²) < 4.78 is 0. The molecule has 2 N–H and O–H groups in total. The summed E-state index contributed by atoms with van der Waals surface area (Å²) in [5.74, 6) is 0.864. The Hall–Kier alpha value is -0.120. The minimum atomic E-state index is 0.197. The van der Waals surface area contributed by atoms with Crippen LogP contribution in [0.15, 0.2) is 0 Å². The first-order valence-electron chi connectivity index (χ1n) is 8.76. The molecule has 0 aromatic rings. The molecule has 2 bridgehead atoms. The first-order valence-corrected chi connectivity index (χ1v) is 8.76. The number of fused-ring (bicyclic) bond motifs is 2. The van der Waals surface area contributed by atoms with Gasteiger partial charge < -0.3 is 15.3 Å². The molecule has 3 aliphatic rings. The predicted molar refractivity (Wildman–Crippen MR) is 82.8 cm³/mol. The molecule has 2 aliphatic heterocycles. The SMILES string of the molecule is CN1C2CCC1CC(CNCC1(CO)CCCCC1)C2. The maximum atomic E-state index is 9.76. The van der Waals surface area contributed by atoms with Gasteiger partial charge in [-0.3, -0.25) is 0 Å². The Morgan fingerprint density at radius 3 is 2.35 bits per heavy atom. The minimum absolute atomic E-state index is 0.197. The van der Waals surface area contributed by atoms with Crippen LogP contribution in [0.4, 0.5) is 0 Å². The molecule has 0 aromatic heterocycles. The van der Waals surface area contributed by atoms with E-state index < -0.39 is 0 Å².